The molecule has 0 spiro atoms. The van der Waals surface area contributed by atoms with Gasteiger partial charge in [-0.05, 0) is 47.3 Å². The van der Waals surface area contributed by atoms with Crippen molar-refractivity contribution in [2.75, 3.05) is 0 Å². The SMILES string of the molecule is CCCC(C)CCC(C(C)C(C)(C)C)C(C)(CC)CC(C)C. The molecule has 0 nitrogen and oxygen atoms in total. The Morgan fingerprint density at radius 2 is 1.32 bits per heavy atom. The van der Waals surface area contributed by atoms with Gasteiger partial charge in [-0.3, -0.25) is 0 Å². The lowest BCUT2D eigenvalue weighted by molar-refractivity contribution is 0.0297. The Bertz CT molecular complexity index is 283. The van der Waals surface area contributed by atoms with E-state index in [2.05, 4.69) is 69.2 Å². The van der Waals surface area contributed by atoms with Gasteiger partial charge in [-0.2, -0.15) is 0 Å². The minimum Gasteiger partial charge on any atom is -0.0654 e. The van der Waals surface area contributed by atoms with E-state index in [0.717, 1.165) is 23.7 Å². The van der Waals surface area contributed by atoms with Crippen LogP contribution in [0, 0.1) is 34.5 Å². The lowest BCUT2D eigenvalue weighted by Gasteiger charge is -2.47. The summed E-state index contributed by atoms with van der Waals surface area (Å²) in [5.74, 6) is 3.32. The van der Waals surface area contributed by atoms with E-state index in [1.165, 1.54) is 38.5 Å². The molecule has 22 heavy (non-hydrogen) atoms. The molecular weight excluding hydrogens is 264 g/mol. The Hall–Kier alpha value is 0. The van der Waals surface area contributed by atoms with Gasteiger partial charge < -0.3 is 0 Å². The number of hydrogen-bond donors (Lipinski definition) is 0. The molecule has 0 N–H and O–H groups in total. The summed E-state index contributed by atoms with van der Waals surface area (Å²) in [7, 11) is 0. The van der Waals surface area contributed by atoms with E-state index in [1.807, 2.05) is 0 Å². The van der Waals surface area contributed by atoms with Crippen LogP contribution in [0.3, 0.4) is 0 Å². The molecule has 0 fully saturated rings. The monoisotopic (exact) mass is 310 g/mol. The van der Waals surface area contributed by atoms with Crippen molar-refractivity contribution < 1.29 is 0 Å². The first-order valence-corrected chi connectivity index (χ1v) is 9.97. The van der Waals surface area contributed by atoms with Crippen LogP contribution < -0.4 is 0 Å². The largest absolute Gasteiger partial charge is 0.0654 e. The Kier molecular flexibility index (Phi) is 9.33. The predicted molar refractivity (Wildman–Crippen MR) is 103 cm³/mol. The fourth-order valence-corrected chi connectivity index (χ4v) is 4.40. The molecule has 0 bridgehead atoms. The molecule has 0 aliphatic rings. The summed E-state index contributed by atoms with van der Waals surface area (Å²) in [6.07, 6.45) is 8.24. The van der Waals surface area contributed by atoms with Crippen molar-refractivity contribution in [3.05, 3.63) is 0 Å². The van der Waals surface area contributed by atoms with Crippen LogP contribution in [0.25, 0.3) is 0 Å². The summed E-state index contributed by atoms with van der Waals surface area (Å²) in [5, 5.41) is 0. The van der Waals surface area contributed by atoms with Gasteiger partial charge >= 0.3 is 0 Å². The van der Waals surface area contributed by atoms with E-state index in [0.29, 0.717) is 10.8 Å². The molecule has 0 heterocycles. The highest BCUT2D eigenvalue weighted by Gasteiger charge is 2.40. The third kappa shape index (κ3) is 7.05. The highest BCUT2D eigenvalue weighted by Crippen LogP contribution is 2.49. The molecule has 0 amide bonds. The first kappa shape index (κ1) is 22.0. The van der Waals surface area contributed by atoms with Crippen molar-refractivity contribution in [1.29, 1.82) is 0 Å². The Morgan fingerprint density at radius 1 is 0.773 bits per heavy atom. The summed E-state index contributed by atoms with van der Waals surface area (Å²) >= 11 is 0. The summed E-state index contributed by atoms with van der Waals surface area (Å²) in [6, 6.07) is 0. The zero-order valence-electron chi connectivity index (χ0n) is 17.6. The molecule has 0 aromatic rings. The summed E-state index contributed by atoms with van der Waals surface area (Å²) in [5.41, 5.74) is 0.902. The predicted octanol–water partition coefficient (Wildman–Crippen LogP) is 7.96. The molecule has 0 aromatic carbocycles. The van der Waals surface area contributed by atoms with E-state index in [4.69, 9.17) is 0 Å². The third-order valence-corrected chi connectivity index (χ3v) is 6.30. The fraction of sp³-hybridized carbons (Fsp3) is 1.00. The molecule has 4 unspecified atom stereocenters. The van der Waals surface area contributed by atoms with Crippen molar-refractivity contribution in [1.82, 2.24) is 0 Å². The topological polar surface area (TPSA) is 0 Å². The minimum absolute atomic E-state index is 0.409. The second-order valence-electron chi connectivity index (χ2n) is 9.84. The van der Waals surface area contributed by atoms with Crippen LogP contribution in [0.2, 0.25) is 0 Å². The van der Waals surface area contributed by atoms with E-state index < -0.39 is 0 Å². The molecule has 0 saturated heterocycles. The van der Waals surface area contributed by atoms with E-state index in [1.54, 1.807) is 0 Å². The van der Waals surface area contributed by atoms with Gasteiger partial charge in [-0.1, -0.05) is 94.9 Å². The molecule has 0 radical (unpaired) electrons. The van der Waals surface area contributed by atoms with Gasteiger partial charge in [0.25, 0.3) is 0 Å². The normalized spacial score (nSPS) is 19.8. The smallest absolute Gasteiger partial charge is 0.0295 e. The van der Waals surface area contributed by atoms with Crippen molar-refractivity contribution in [3.63, 3.8) is 0 Å². The Labute approximate surface area is 142 Å². The van der Waals surface area contributed by atoms with Crippen LogP contribution in [0.4, 0.5) is 0 Å². The van der Waals surface area contributed by atoms with Gasteiger partial charge in [0, 0.05) is 0 Å². The summed E-state index contributed by atoms with van der Waals surface area (Å²) in [6.45, 7) is 24.4. The van der Waals surface area contributed by atoms with E-state index in [9.17, 15) is 0 Å². The third-order valence-electron chi connectivity index (χ3n) is 6.30. The summed E-state index contributed by atoms with van der Waals surface area (Å²) < 4.78 is 0. The number of rotatable bonds is 10. The lowest BCUT2D eigenvalue weighted by atomic mass is 9.59. The van der Waals surface area contributed by atoms with Crippen LogP contribution in [0.5, 0.6) is 0 Å². The molecular formula is C22H46. The average molecular weight is 311 g/mol. The van der Waals surface area contributed by atoms with Crippen LogP contribution in [0.15, 0.2) is 0 Å². The molecule has 0 aliphatic heterocycles. The Morgan fingerprint density at radius 3 is 1.68 bits per heavy atom. The van der Waals surface area contributed by atoms with Crippen molar-refractivity contribution >= 4 is 0 Å². The summed E-state index contributed by atoms with van der Waals surface area (Å²) in [4.78, 5) is 0. The molecule has 0 aromatic heterocycles. The average Bonchev–Trinajstić information content (AvgIpc) is 2.37. The molecule has 0 rings (SSSR count). The zero-order valence-corrected chi connectivity index (χ0v) is 17.6. The van der Waals surface area contributed by atoms with Gasteiger partial charge in [0.15, 0.2) is 0 Å². The second-order valence-corrected chi connectivity index (χ2v) is 9.84. The molecule has 134 valence electrons. The van der Waals surface area contributed by atoms with Gasteiger partial charge in [-0.25, -0.2) is 0 Å². The zero-order chi connectivity index (χ0) is 17.6. The molecule has 0 heteroatoms. The first-order valence-electron chi connectivity index (χ1n) is 9.97. The molecule has 4 atom stereocenters. The Balaban J connectivity index is 5.22. The van der Waals surface area contributed by atoms with Gasteiger partial charge in [0.1, 0.15) is 0 Å². The van der Waals surface area contributed by atoms with Gasteiger partial charge in [-0.15, -0.1) is 0 Å². The van der Waals surface area contributed by atoms with Crippen molar-refractivity contribution in [2.45, 2.75) is 108 Å². The molecule has 0 aliphatic carbocycles. The van der Waals surface area contributed by atoms with Crippen LogP contribution in [-0.2, 0) is 0 Å². The lowest BCUT2D eigenvalue weighted by Crippen LogP contribution is -2.38. The molecule has 0 saturated carbocycles. The van der Waals surface area contributed by atoms with Crippen molar-refractivity contribution in [3.8, 4) is 0 Å². The maximum absolute atomic E-state index is 2.57. The highest BCUT2D eigenvalue weighted by atomic mass is 14.4. The van der Waals surface area contributed by atoms with Crippen LogP contribution in [-0.4, -0.2) is 0 Å². The van der Waals surface area contributed by atoms with Crippen LogP contribution in [0.1, 0.15) is 108 Å². The van der Waals surface area contributed by atoms with E-state index in [-0.39, 0.29) is 0 Å². The van der Waals surface area contributed by atoms with Gasteiger partial charge in [0.2, 0.25) is 0 Å². The standard InChI is InChI=1S/C22H46/c1-11-13-18(5)14-15-20(19(6)21(7,8)9)22(10,12-2)16-17(3)4/h17-20H,11-16H2,1-10H3. The number of hydrogen-bond acceptors (Lipinski definition) is 0. The highest BCUT2D eigenvalue weighted by molar-refractivity contribution is 4.89. The van der Waals surface area contributed by atoms with Crippen LogP contribution >= 0.6 is 0 Å². The first-order chi connectivity index (χ1) is 9.97. The maximum Gasteiger partial charge on any atom is -0.0295 e. The van der Waals surface area contributed by atoms with Gasteiger partial charge in [0.05, 0.1) is 0 Å². The maximum atomic E-state index is 2.57. The van der Waals surface area contributed by atoms with Crippen molar-refractivity contribution in [2.24, 2.45) is 34.5 Å². The van der Waals surface area contributed by atoms with E-state index >= 15 is 0 Å². The fourth-order valence-electron chi connectivity index (χ4n) is 4.40. The second kappa shape index (κ2) is 9.33. The quantitative estimate of drug-likeness (QED) is 0.384. The minimum atomic E-state index is 0.409.